The lowest BCUT2D eigenvalue weighted by atomic mass is 10.3. The number of rotatable bonds is 3. The van der Waals surface area contributed by atoms with E-state index in [1.165, 1.54) is 29.2 Å². The van der Waals surface area contributed by atoms with Crippen molar-refractivity contribution in [1.29, 1.82) is 0 Å². The van der Waals surface area contributed by atoms with E-state index < -0.39 is 10.0 Å². The maximum absolute atomic E-state index is 12.6. The van der Waals surface area contributed by atoms with Gasteiger partial charge in [-0.25, -0.2) is 13.6 Å². The SMILES string of the molecule is Cc1ccc(/C=C2/SC(=S)N(c3ccc(S(N)(=O)=O)cc3)C2=O)o1. The van der Waals surface area contributed by atoms with Crippen molar-refractivity contribution in [2.75, 3.05) is 4.90 Å². The van der Waals surface area contributed by atoms with E-state index in [4.69, 9.17) is 21.8 Å². The number of thiocarbonyl (C=S) groups is 1. The van der Waals surface area contributed by atoms with E-state index >= 15 is 0 Å². The van der Waals surface area contributed by atoms with Gasteiger partial charge in [0.15, 0.2) is 4.32 Å². The Morgan fingerprint density at radius 2 is 1.88 bits per heavy atom. The first-order valence-corrected chi connectivity index (χ1v) is 9.50. The number of carbonyl (C=O) groups excluding carboxylic acids is 1. The quantitative estimate of drug-likeness (QED) is 0.650. The van der Waals surface area contributed by atoms with Gasteiger partial charge in [-0.3, -0.25) is 9.69 Å². The van der Waals surface area contributed by atoms with Gasteiger partial charge in [-0.1, -0.05) is 24.0 Å². The van der Waals surface area contributed by atoms with Crippen molar-refractivity contribution < 1.29 is 17.6 Å². The fraction of sp³-hybridized carbons (Fsp3) is 0.0667. The van der Waals surface area contributed by atoms with E-state index in [1.54, 1.807) is 18.2 Å². The summed E-state index contributed by atoms with van der Waals surface area (Å²) in [6, 6.07) is 9.22. The molecular weight excluding hydrogens is 368 g/mol. The molecule has 1 saturated heterocycles. The maximum atomic E-state index is 12.6. The average molecular weight is 380 g/mol. The largest absolute Gasteiger partial charge is 0.462 e. The second-order valence-electron chi connectivity index (χ2n) is 5.00. The van der Waals surface area contributed by atoms with Crippen LogP contribution >= 0.6 is 24.0 Å². The molecule has 124 valence electrons. The predicted molar refractivity (Wildman–Crippen MR) is 96.9 cm³/mol. The molecule has 0 radical (unpaired) electrons. The third-order valence-corrected chi connectivity index (χ3v) is 5.48. The zero-order valence-electron chi connectivity index (χ0n) is 12.4. The molecule has 9 heteroatoms. The molecule has 1 aliphatic rings. The molecule has 0 aliphatic carbocycles. The number of thioether (sulfide) groups is 1. The van der Waals surface area contributed by atoms with Crippen LogP contribution in [0.2, 0.25) is 0 Å². The number of furan rings is 1. The number of carbonyl (C=O) groups is 1. The van der Waals surface area contributed by atoms with E-state index in [0.717, 1.165) is 17.5 Å². The van der Waals surface area contributed by atoms with Crippen LogP contribution in [-0.4, -0.2) is 18.6 Å². The Labute approximate surface area is 148 Å². The Hall–Kier alpha value is -1.94. The smallest absolute Gasteiger partial charge is 0.270 e. The molecule has 0 saturated carbocycles. The highest BCUT2D eigenvalue weighted by atomic mass is 32.2. The minimum absolute atomic E-state index is 0.0294. The molecule has 0 bridgehead atoms. The van der Waals surface area contributed by atoms with Crippen LogP contribution in [0.15, 0.2) is 50.6 Å². The fourth-order valence-corrected chi connectivity index (χ4v) is 3.93. The lowest BCUT2D eigenvalue weighted by Gasteiger charge is -2.14. The molecule has 0 spiro atoms. The third-order valence-electron chi connectivity index (χ3n) is 3.25. The van der Waals surface area contributed by atoms with Gasteiger partial charge in [-0.05, 0) is 43.3 Å². The Morgan fingerprint density at radius 1 is 1.21 bits per heavy atom. The molecular formula is C15H12N2O4S3. The first-order valence-electron chi connectivity index (χ1n) is 6.73. The van der Waals surface area contributed by atoms with Crippen molar-refractivity contribution >= 4 is 56.0 Å². The molecule has 1 fully saturated rings. The average Bonchev–Trinajstić information content (AvgIpc) is 3.02. The Bertz CT molecular complexity index is 959. The summed E-state index contributed by atoms with van der Waals surface area (Å²) in [4.78, 5) is 14.3. The lowest BCUT2D eigenvalue weighted by molar-refractivity contribution is -0.113. The van der Waals surface area contributed by atoms with Gasteiger partial charge in [0.05, 0.1) is 15.5 Å². The number of hydrogen-bond donors (Lipinski definition) is 1. The second kappa shape index (κ2) is 6.17. The van der Waals surface area contributed by atoms with Crippen LogP contribution < -0.4 is 10.0 Å². The van der Waals surface area contributed by atoms with Crippen LogP contribution in [0.1, 0.15) is 11.5 Å². The Balaban J connectivity index is 1.91. The summed E-state index contributed by atoms with van der Waals surface area (Å²) in [5, 5.41) is 5.07. The summed E-state index contributed by atoms with van der Waals surface area (Å²) >= 11 is 6.41. The topological polar surface area (TPSA) is 93.6 Å². The van der Waals surface area contributed by atoms with Gasteiger partial charge >= 0.3 is 0 Å². The summed E-state index contributed by atoms with van der Waals surface area (Å²) in [5.74, 6) is 1.02. The number of hydrogen-bond acceptors (Lipinski definition) is 6. The first kappa shape index (κ1) is 16.9. The fourth-order valence-electron chi connectivity index (χ4n) is 2.14. The normalized spacial score (nSPS) is 17.1. The van der Waals surface area contributed by atoms with E-state index in [9.17, 15) is 13.2 Å². The van der Waals surface area contributed by atoms with Gasteiger partial charge in [0.2, 0.25) is 10.0 Å². The number of anilines is 1. The second-order valence-corrected chi connectivity index (χ2v) is 8.24. The zero-order chi connectivity index (χ0) is 17.5. The zero-order valence-corrected chi connectivity index (χ0v) is 14.9. The minimum Gasteiger partial charge on any atom is -0.462 e. The maximum Gasteiger partial charge on any atom is 0.270 e. The van der Waals surface area contributed by atoms with Gasteiger partial charge in [0, 0.05) is 6.08 Å². The van der Waals surface area contributed by atoms with Crippen molar-refractivity contribution in [3.63, 3.8) is 0 Å². The van der Waals surface area contributed by atoms with Crippen LogP contribution in [0.4, 0.5) is 5.69 Å². The Morgan fingerprint density at radius 3 is 2.42 bits per heavy atom. The Kier molecular flexibility index (Phi) is 4.35. The molecule has 24 heavy (non-hydrogen) atoms. The van der Waals surface area contributed by atoms with E-state index in [2.05, 4.69) is 0 Å². The molecule has 2 N–H and O–H groups in total. The van der Waals surface area contributed by atoms with Gasteiger partial charge in [0.1, 0.15) is 11.5 Å². The van der Waals surface area contributed by atoms with Crippen molar-refractivity contribution in [2.45, 2.75) is 11.8 Å². The van der Waals surface area contributed by atoms with Gasteiger partial charge < -0.3 is 4.42 Å². The third kappa shape index (κ3) is 3.29. The number of amides is 1. The number of aryl methyl sites for hydroxylation is 1. The number of nitrogens with zero attached hydrogens (tertiary/aromatic N) is 1. The molecule has 2 heterocycles. The van der Waals surface area contributed by atoms with Crippen LogP contribution in [0.3, 0.4) is 0 Å². The molecule has 1 amide bonds. The molecule has 1 aliphatic heterocycles. The molecule has 6 nitrogen and oxygen atoms in total. The first-order chi connectivity index (χ1) is 11.3. The summed E-state index contributed by atoms with van der Waals surface area (Å²) in [6.07, 6.45) is 1.63. The van der Waals surface area contributed by atoms with Crippen molar-refractivity contribution in [2.24, 2.45) is 5.14 Å². The number of nitrogens with two attached hydrogens (primary N) is 1. The minimum atomic E-state index is -3.78. The molecule has 0 unspecified atom stereocenters. The summed E-state index contributed by atoms with van der Waals surface area (Å²) in [6.45, 7) is 1.82. The highest BCUT2D eigenvalue weighted by molar-refractivity contribution is 8.27. The molecule has 0 atom stereocenters. The van der Waals surface area contributed by atoms with Gasteiger partial charge in [-0.15, -0.1) is 0 Å². The van der Waals surface area contributed by atoms with E-state index in [-0.39, 0.29) is 10.8 Å². The lowest BCUT2D eigenvalue weighted by Crippen LogP contribution is -2.27. The van der Waals surface area contributed by atoms with Crippen LogP contribution in [-0.2, 0) is 14.8 Å². The predicted octanol–water partition coefficient (Wildman–Crippen LogP) is 2.64. The number of benzene rings is 1. The summed E-state index contributed by atoms with van der Waals surface area (Å²) < 4.78 is 28.4. The van der Waals surface area contributed by atoms with Crippen molar-refractivity contribution in [3.8, 4) is 0 Å². The van der Waals surface area contributed by atoms with Crippen LogP contribution in [0.25, 0.3) is 6.08 Å². The van der Waals surface area contributed by atoms with Crippen LogP contribution in [0.5, 0.6) is 0 Å². The molecule has 2 aromatic rings. The highest BCUT2D eigenvalue weighted by Gasteiger charge is 2.33. The van der Waals surface area contributed by atoms with Gasteiger partial charge in [-0.2, -0.15) is 0 Å². The summed E-state index contributed by atoms with van der Waals surface area (Å²) in [7, 11) is -3.78. The number of sulfonamides is 1. The highest BCUT2D eigenvalue weighted by Crippen LogP contribution is 2.36. The van der Waals surface area contributed by atoms with Crippen LogP contribution in [0, 0.1) is 6.92 Å². The van der Waals surface area contributed by atoms with E-state index in [0.29, 0.717) is 20.7 Å². The molecule has 3 rings (SSSR count). The van der Waals surface area contributed by atoms with Crippen molar-refractivity contribution in [3.05, 3.63) is 52.8 Å². The monoisotopic (exact) mass is 380 g/mol. The summed E-state index contributed by atoms with van der Waals surface area (Å²) in [5.41, 5.74) is 0.476. The molecule has 1 aromatic heterocycles. The van der Waals surface area contributed by atoms with Gasteiger partial charge in [0.25, 0.3) is 5.91 Å². The van der Waals surface area contributed by atoms with E-state index in [1.807, 2.05) is 6.92 Å². The van der Waals surface area contributed by atoms with Crippen molar-refractivity contribution in [1.82, 2.24) is 0 Å². The number of primary sulfonamides is 1. The standard InChI is InChI=1S/C15H12N2O4S3/c1-9-2-5-11(21-9)8-13-14(18)17(15(22)23-13)10-3-6-12(7-4-10)24(16,19)20/h2-8H,1H3,(H2,16,19,20)/b13-8+. The molecule has 1 aromatic carbocycles.